The zero-order chi connectivity index (χ0) is 11.3. The number of hydrogen-bond donors (Lipinski definition) is 1. The van der Waals surface area contributed by atoms with E-state index in [2.05, 4.69) is 17.0 Å². The number of furan rings is 1. The van der Waals surface area contributed by atoms with Crippen molar-refractivity contribution in [1.82, 2.24) is 5.32 Å². The van der Waals surface area contributed by atoms with E-state index in [1.807, 2.05) is 0 Å². The molecule has 1 N–H and O–H groups in total. The predicted molar refractivity (Wildman–Crippen MR) is 56.8 cm³/mol. The lowest BCUT2D eigenvalue weighted by atomic mass is 10.2. The van der Waals surface area contributed by atoms with Gasteiger partial charge in [-0.3, -0.25) is 0 Å². The fourth-order valence-corrected chi connectivity index (χ4v) is 1.33. The van der Waals surface area contributed by atoms with Crippen LogP contribution in [0.4, 0.5) is 0 Å². The number of carbonyl (C=O) groups excluding carboxylic acids is 1. The third-order valence-electron chi connectivity index (χ3n) is 2.10. The fraction of sp³-hybridized carbons (Fsp3) is 0.545. The molecule has 1 aromatic heterocycles. The number of rotatable bonds is 5. The van der Waals surface area contributed by atoms with Crippen LogP contribution in [0.15, 0.2) is 10.5 Å². The van der Waals surface area contributed by atoms with Crippen LogP contribution in [0, 0.1) is 6.92 Å². The Morgan fingerprint density at radius 3 is 2.93 bits per heavy atom. The van der Waals surface area contributed by atoms with Crippen molar-refractivity contribution in [3.05, 3.63) is 23.2 Å². The fourth-order valence-electron chi connectivity index (χ4n) is 1.33. The van der Waals surface area contributed by atoms with Gasteiger partial charge in [0.2, 0.25) is 0 Å². The Labute approximate surface area is 89.6 Å². The van der Waals surface area contributed by atoms with Crippen LogP contribution in [0.2, 0.25) is 0 Å². The van der Waals surface area contributed by atoms with Crippen LogP contribution in [0.5, 0.6) is 0 Å². The monoisotopic (exact) mass is 211 g/mol. The van der Waals surface area contributed by atoms with E-state index in [9.17, 15) is 4.79 Å². The molecule has 4 nitrogen and oxygen atoms in total. The maximum Gasteiger partial charge on any atom is 0.341 e. The summed E-state index contributed by atoms with van der Waals surface area (Å²) in [6.45, 7) is 5.44. The number of ether oxygens (including phenoxy) is 1. The molecule has 1 heterocycles. The molecule has 0 aliphatic rings. The third kappa shape index (κ3) is 3.09. The number of carbonyl (C=O) groups is 1. The third-order valence-corrected chi connectivity index (χ3v) is 2.10. The van der Waals surface area contributed by atoms with Crippen LogP contribution in [0.1, 0.15) is 35.2 Å². The molecule has 0 fully saturated rings. The minimum absolute atomic E-state index is 0.349. The lowest BCUT2D eigenvalue weighted by Gasteiger charge is -1.97. The van der Waals surface area contributed by atoms with Crippen molar-refractivity contribution in [2.75, 3.05) is 13.7 Å². The van der Waals surface area contributed by atoms with Crippen molar-refractivity contribution in [3.8, 4) is 0 Å². The van der Waals surface area contributed by atoms with E-state index in [-0.39, 0.29) is 5.97 Å². The van der Waals surface area contributed by atoms with Crippen molar-refractivity contribution in [3.63, 3.8) is 0 Å². The number of esters is 1. The van der Waals surface area contributed by atoms with E-state index in [1.165, 1.54) is 7.11 Å². The average Bonchev–Trinajstić information content (AvgIpc) is 2.59. The highest BCUT2D eigenvalue weighted by Crippen LogP contribution is 2.15. The molecule has 0 aliphatic carbocycles. The number of hydrogen-bond acceptors (Lipinski definition) is 4. The van der Waals surface area contributed by atoms with Gasteiger partial charge < -0.3 is 14.5 Å². The van der Waals surface area contributed by atoms with E-state index in [0.717, 1.165) is 18.7 Å². The summed E-state index contributed by atoms with van der Waals surface area (Å²) in [5.74, 6) is 1.02. The first-order chi connectivity index (χ1) is 7.19. The van der Waals surface area contributed by atoms with E-state index < -0.39 is 0 Å². The molecular formula is C11H17NO3. The summed E-state index contributed by atoms with van der Waals surface area (Å²) in [5, 5.41) is 3.20. The SMILES string of the molecule is CCCNCc1cc(C(=O)OC)c(C)o1. The Morgan fingerprint density at radius 2 is 2.33 bits per heavy atom. The van der Waals surface area contributed by atoms with Gasteiger partial charge in [-0.2, -0.15) is 0 Å². The average molecular weight is 211 g/mol. The van der Waals surface area contributed by atoms with E-state index in [4.69, 9.17) is 4.42 Å². The van der Waals surface area contributed by atoms with Crippen LogP contribution in [0.25, 0.3) is 0 Å². The van der Waals surface area contributed by atoms with Crippen molar-refractivity contribution in [1.29, 1.82) is 0 Å². The van der Waals surface area contributed by atoms with Crippen molar-refractivity contribution in [2.24, 2.45) is 0 Å². The summed E-state index contributed by atoms with van der Waals surface area (Å²) in [5.41, 5.74) is 0.505. The summed E-state index contributed by atoms with van der Waals surface area (Å²) in [4.78, 5) is 11.3. The van der Waals surface area contributed by atoms with Gasteiger partial charge in [0, 0.05) is 0 Å². The zero-order valence-corrected chi connectivity index (χ0v) is 9.42. The Hall–Kier alpha value is -1.29. The zero-order valence-electron chi connectivity index (χ0n) is 9.42. The summed E-state index contributed by atoms with van der Waals surface area (Å²) in [6, 6.07) is 1.73. The molecule has 0 amide bonds. The van der Waals surface area contributed by atoms with E-state index in [1.54, 1.807) is 13.0 Å². The molecular weight excluding hydrogens is 194 g/mol. The van der Waals surface area contributed by atoms with E-state index in [0.29, 0.717) is 17.9 Å². The smallest absolute Gasteiger partial charge is 0.341 e. The number of methoxy groups -OCH3 is 1. The Kier molecular flexibility index (Phi) is 4.37. The summed E-state index contributed by atoms with van der Waals surface area (Å²) in [7, 11) is 1.36. The van der Waals surface area contributed by atoms with Gasteiger partial charge in [-0.25, -0.2) is 4.79 Å². The highest BCUT2D eigenvalue weighted by atomic mass is 16.5. The van der Waals surface area contributed by atoms with Crippen LogP contribution >= 0.6 is 0 Å². The lowest BCUT2D eigenvalue weighted by Crippen LogP contribution is -2.13. The minimum Gasteiger partial charge on any atom is -0.465 e. The molecule has 0 radical (unpaired) electrons. The minimum atomic E-state index is -0.349. The molecule has 15 heavy (non-hydrogen) atoms. The lowest BCUT2D eigenvalue weighted by molar-refractivity contribution is 0.0599. The van der Waals surface area contributed by atoms with Crippen LogP contribution < -0.4 is 5.32 Å². The van der Waals surface area contributed by atoms with Crippen molar-refractivity contribution in [2.45, 2.75) is 26.8 Å². The van der Waals surface area contributed by atoms with Crippen LogP contribution in [-0.2, 0) is 11.3 Å². The molecule has 0 aromatic carbocycles. The second kappa shape index (κ2) is 5.56. The standard InChI is InChI=1S/C11H17NO3/c1-4-5-12-7-9-6-10(8(2)15-9)11(13)14-3/h6,12H,4-5,7H2,1-3H3. The first-order valence-electron chi connectivity index (χ1n) is 5.07. The molecule has 0 saturated heterocycles. The van der Waals surface area contributed by atoms with Gasteiger partial charge in [0.25, 0.3) is 0 Å². The number of nitrogens with one attached hydrogen (secondary N) is 1. The first-order valence-corrected chi connectivity index (χ1v) is 5.07. The molecule has 0 bridgehead atoms. The Morgan fingerprint density at radius 1 is 1.60 bits per heavy atom. The molecule has 0 spiro atoms. The normalized spacial score (nSPS) is 10.3. The van der Waals surface area contributed by atoms with Gasteiger partial charge in [0.1, 0.15) is 17.1 Å². The second-order valence-electron chi connectivity index (χ2n) is 3.35. The maximum absolute atomic E-state index is 11.3. The topological polar surface area (TPSA) is 51.5 Å². The quantitative estimate of drug-likeness (QED) is 0.596. The molecule has 1 aromatic rings. The van der Waals surface area contributed by atoms with E-state index >= 15 is 0 Å². The largest absolute Gasteiger partial charge is 0.465 e. The Bertz CT molecular complexity index is 331. The van der Waals surface area contributed by atoms with Crippen LogP contribution in [-0.4, -0.2) is 19.6 Å². The van der Waals surface area contributed by atoms with Crippen molar-refractivity contribution >= 4 is 5.97 Å². The number of aryl methyl sites for hydroxylation is 1. The summed E-state index contributed by atoms with van der Waals surface area (Å²) in [6.07, 6.45) is 1.07. The molecule has 0 saturated carbocycles. The maximum atomic E-state index is 11.3. The van der Waals surface area contributed by atoms with Gasteiger partial charge in [-0.15, -0.1) is 0 Å². The predicted octanol–water partition coefficient (Wildman–Crippen LogP) is 1.87. The van der Waals surface area contributed by atoms with Crippen molar-refractivity contribution < 1.29 is 13.9 Å². The van der Waals surface area contributed by atoms with Crippen LogP contribution in [0.3, 0.4) is 0 Å². The molecule has 4 heteroatoms. The first kappa shape index (κ1) is 11.8. The van der Waals surface area contributed by atoms with Gasteiger partial charge >= 0.3 is 5.97 Å². The highest BCUT2D eigenvalue weighted by Gasteiger charge is 2.14. The van der Waals surface area contributed by atoms with Gasteiger partial charge in [0.05, 0.1) is 13.7 Å². The molecule has 0 atom stereocenters. The molecule has 0 aliphatic heterocycles. The molecule has 0 unspecified atom stereocenters. The second-order valence-corrected chi connectivity index (χ2v) is 3.35. The summed E-state index contributed by atoms with van der Waals surface area (Å²) >= 11 is 0. The van der Waals surface area contributed by atoms with Gasteiger partial charge in [-0.1, -0.05) is 6.92 Å². The Balaban J connectivity index is 2.64. The molecule has 84 valence electrons. The van der Waals surface area contributed by atoms with Gasteiger partial charge in [0.15, 0.2) is 0 Å². The van der Waals surface area contributed by atoms with Gasteiger partial charge in [-0.05, 0) is 26.0 Å². The summed E-state index contributed by atoms with van der Waals surface area (Å²) < 4.78 is 10.1. The molecule has 1 rings (SSSR count). The highest BCUT2D eigenvalue weighted by molar-refractivity contribution is 5.90.